The van der Waals surface area contributed by atoms with E-state index in [2.05, 4.69) is 35.4 Å². The maximum Gasteiger partial charge on any atom is 0.228 e. The summed E-state index contributed by atoms with van der Waals surface area (Å²) in [4.78, 5) is 31.9. The van der Waals surface area contributed by atoms with Crippen molar-refractivity contribution in [1.29, 1.82) is 0 Å². The van der Waals surface area contributed by atoms with Crippen molar-refractivity contribution in [2.45, 2.75) is 25.7 Å². The van der Waals surface area contributed by atoms with Crippen LogP contribution in [-0.4, -0.2) is 49.1 Å². The van der Waals surface area contributed by atoms with Gasteiger partial charge in [0.15, 0.2) is 11.6 Å². The lowest BCUT2D eigenvalue weighted by molar-refractivity contribution is -0.115. The fourth-order valence-corrected chi connectivity index (χ4v) is 5.48. The highest BCUT2D eigenvalue weighted by molar-refractivity contribution is 5.98. The van der Waals surface area contributed by atoms with E-state index in [1.165, 1.54) is 6.42 Å². The van der Waals surface area contributed by atoms with Crippen molar-refractivity contribution < 1.29 is 9.18 Å². The van der Waals surface area contributed by atoms with E-state index in [9.17, 15) is 4.79 Å². The molecule has 1 aliphatic rings. The van der Waals surface area contributed by atoms with Crippen LogP contribution in [0.2, 0.25) is 0 Å². The number of amides is 1. The lowest BCUT2D eigenvalue weighted by atomic mass is 10.0. The van der Waals surface area contributed by atoms with Gasteiger partial charge in [-0.05, 0) is 49.1 Å². The van der Waals surface area contributed by atoms with Crippen LogP contribution in [0.1, 0.15) is 24.8 Å². The first kappa shape index (κ1) is 24.9. The molecule has 0 bridgehead atoms. The number of aromatic amines is 2. The Balaban J connectivity index is 1.22. The number of rotatable bonds is 6. The van der Waals surface area contributed by atoms with E-state index in [0.717, 1.165) is 48.3 Å². The van der Waals surface area contributed by atoms with E-state index in [4.69, 9.17) is 4.98 Å². The van der Waals surface area contributed by atoms with E-state index in [1.54, 1.807) is 36.8 Å². The molecule has 204 valence electrons. The molecule has 1 amide bonds. The average Bonchev–Trinajstić information content (AvgIpc) is 3.63. The van der Waals surface area contributed by atoms with Gasteiger partial charge in [-0.15, -0.1) is 0 Å². The van der Waals surface area contributed by atoms with Crippen LogP contribution in [0.3, 0.4) is 0 Å². The van der Waals surface area contributed by atoms with Gasteiger partial charge in [0.05, 0.1) is 34.7 Å². The third-order valence-electron chi connectivity index (χ3n) is 7.47. The summed E-state index contributed by atoms with van der Waals surface area (Å²) in [5.41, 5.74) is 4.80. The van der Waals surface area contributed by atoms with Crippen LogP contribution in [0.4, 0.5) is 15.9 Å². The number of halogens is 1. The molecule has 1 aliphatic heterocycles. The van der Waals surface area contributed by atoms with Crippen molar-refractivity contribution in [3.8, 4) is 22.6 Å². The van der Waals surface area contributed by atoms with Gasteiger partial charge in [-0.1, -0.05) is 30.3 Å². The number of anilines is 2. The fourth-order valence-electron chi connectivity index (χ4n) is 5.48. The number of nitrogens with zero attached hydrogens (tertiary/aromatic N) is 5. The topological polar surface area (TPSA) is 115 Å². The van der Waals surface area contributed by atoms with Crippen molar-refractivity contribution in [1.82, 2.24) is 30.1 Å². The molecule has 9 nitrogen and oxygen atoms in total. The Hall–Kier alpha value is -5.12. The van der Waals surface area contributed by atoms with Crippen LogP contribution in [0.5, 0.6) is 0 Å². The highest BCUT2D eigenvalue weighted by Crippen LogP contribution is 2.35. The van der Waals surface area contributed by atoms with E-state index < -0.39 is 5.82 Å². The first-order valence-electron chi connectivity index (χ1n) is 13.7. The summed E-state index contributed by atoms with van der Waals surface area (Å²) >= 11 is 0. The van der Waals surface area contributed by atoms with Crippen molar-refractivity contribution in [3.05, 3.63) is 84.6 Å². The summed E-state index contributed by atoms with van der Waals surface area (Å²) in [6.07, 6.45) is 8.60. The Bertz CT molecular complexity index is 1870. The molecule has 0 spiro atoms. The molecule has 1 fully saturated rings. The molecule has 5 heterocycles. The minimum atomic E-state index is -0.448. The zero-order valence-electron chi connectivity index (χ0n) is 22.2. The molecular formula is C31H27FN8O. The maximum atomic E-state index is 16.2. The molecule has 0 unspecified atom stereocenters. The number of aromatic nitrogens is 6. The van der Waals surface area contributed by atoms with Crippen LogP contribution in [-0.2, 0) is 11.2 Å². The summed E-state index contributed by atoms with van der Waals surface area (Å²) in [5.74, 6) is 0.679. The normalized spacial score (nSPS) is 13.6. The lowest BCUT2D eigenvalue weighted by Crippen LogP contribution is -2.30. The highest BCUT2D eigenvalue weighted by atomic mass is 19.1. The Morgan fingerprint density at radius 3 is 2.71 bits per heavy atom. The van der Waals surface area contributed by atoms with E-state index in [-0.39, 0.29) is 12.3 Å². The van der Waals surface area contributed by atoms with Gasteiger partial charge in [-0.25, -0.2) is 14.4 Å². The van der Waals surface area contributed by atoms with E-state index in [0.29, 0.717) is 39.2 Å². The number of carbonyl (C=O) groups is 1. The molecule has 3 N–H and O–H groups in total. The number of nitrogens with one attached hydrogen (secondary N) is 3. The van der Waals surface area contributed by atoms with Gasteiger partial charge in [0.2, 0.25) is 5.91 Å². The zero-order chi connectivity index (χ0) is 27.8. The van der Waals surface area contributed by atoms with Gasteiger partial charge in [-0.2, -0.15) is 5.10 Å². The van der Waals surface area contributed by atoms with Gasteiger partial charge in [-0.3, -0.25) is 14.9 Å². The summed E-state index contributed by atoms with van der Waals surface area (Å²) in [7, 11) is 0. The molecule has 7 rings (SSSR count). The van der Waals surface area contributed by atoms with Crippen molar-refractivity contribution in [3.63, 3.8) is 0 Å². The molecular weight excluding hydrogens is 519 g/mol. The second-order valence-corrected chi connectivity index (χ2v) is 10.3. The maximum absolute atomic E-state index is 16.2. The predicted octanol–water partition coefficient (Wildman–Crippen LogP) is 5.87. The second-order valence-electron chi connectivity index (χ2n) is 10.3. The fraction of sp³-hybridized carbons (Fsp3) is 0.194. The minimum absolute atomic E-state index is 0.175. The molecule has 6 aromatic rings. The van der Waals surface area contributed by atoms with Crippen LogP contribution >= 0.6 is 0 Å². The number of carbonyl (C=O) groups excluding carboxylic acids is 1. The summed E-state index contributed by atoms with van der Waals surface area (Å²) < 4.78 is 16.2. The zero-order valence-corrected chi connectivity index (χ0v) is 22.2. The first-order valence-corrected chi connectivity index (χ1v) is 13.7. The largest absolute Gasteiger partial charge is 0.355 e. The lowest BCUT2D eigenvalue weighted by Gasteiger charge is -2.27. The van der Waals surface area contributed by atoms with Gasteiger partial charge in [0.25, 0.3) is 0 Å². The summed E-state index contributed by atoms with van der Waals surface area (Å²) in [5, 5.41) is 10.6. The van der Waals surface area contributed by atoms with Crippen LogP contribution < -0.4 is 10.2 Å². The number of pyridine rings is 2. The monoisotopic (exact) mass is 546 g/mol. The summed E-state index contributed by atoms with van der Waals surface area (Å²) in [6.45, 7) is 1.88. The number of piperidine rings is 1. The number of fused-ring (bicyclic) bond motifs is 2. The molecule has 2 aromatic carbocycles. The molecule has 4 aromatic heterocycles. The van der Waals surface area contributed by atoms with Crippen molar-refractivity contribution in [2.75, 3.05) is 23.3 Å². The molecule has 1 saturated heterocycles. The van der Waals surface area contributed by atoms with Gasteiger partial charge in [0, 0.05) is 36.6 Å². The minimum Gasteiger partial charge on any atom is -0.355 e. The highest BCUT2D eigenvalue weighted by Gasteiger charge is 2.22. The Kier molecular flexibility index (Phi) is 6.35. The standard InChI is InChI=1S/C31H27FN8O/c32-27-22(20-16-21(18-33-17-20)35-25(41)15-19-7-3-1-4-8-19)9-10-23-26(27)29(39-38-23)30-36-24-11-12-34-31(28(24)37-30)40-13-5-2-6-14-40/h1,3-4,7-12,16-18H,2,5-6,13-15H2,(H,35,41)(H,36,37)(H,38,39). The molecule has 0 atom stereocenters. The van der Waals surface area contributed by atoms with Crippen LogP contribution in [0.25, 0.3) is 44.6 Å². The molecule has 41 heavy (non-hydrogen) atoms. The molecule has 0 radical (unpaired) electrons. The summed E-state index contributed by atoms with van der Waals surface area (Å²) in [6, 6.07) is 16.5. The first-order chi connectivity index (χ1) is 20.1. The third-order valence-corrected chi connectivity index (χ3v) is 7.47. The SMILES string of the molecule is O=C(Cc1ccccc1)Nc1cncc(-c2ccc3[nH]nc(-c4nc5c(N6CCCCC6)nccc5[nH]4)c3c2F)c1. The number of hydrogen-bond donors (Lipinski definition) is 3. The van der Waals surface area contributed by atoms with E-state index >= 15 is 4.39 Å². The van der Waals surface area contributed by atoms with E-state index in [1.807, 2.05) is 36.4 Å². The quantitative estimate of drug-likeness (QED) is 0.241. The molecule has 10 heteroatoms. The van der Waals surface area contributed by atoms with Crippen molar-refractivity contribution >= 4 is 39.3 Å². The number of benzene rings is 2. The van der Waals surface area contributed by atoms with Gasteiger partial charge in [0.1, 0.15) is 17.0 Å². The van der Waals surface area contributed by atoms with Gasteiger partial charge < -0.3 is 15.2 Å². The smallest absolute Gasteiger partial charge is 0.228 e. The number of H-pyrrole nitrogens is 2. The Morgan fingerprint density at radius 1 is 1.00 bits per heavy atom. The Morgan fingerprint density at radius 2 is 1.85 bits per heavy atom. The average molecular weight is 547 g/mol. The third kappa shape index (κ3) is 4.77. The van der Waals surface area contributed by atoms with Crippen molar-refractivity contribution in [2.24, 2.45) is 0 Å². The molecule has 0 aliphatic carbocycles. The molecule has 0 saturated carbocycles. The second kappa shape index (κ2) is 10.5. The predicted molar refractivity (Wildman–Crippen MR) is 157 cm³/mol. The number of imidazole rings is 1. The van der Waals surface area contributed by atoms with Crippen LogP contribution in [0.15, 0.2) is 73.2 Å². The number of hydrogen-bond acceptors (Lipinski definition) is 6. The van der Waals surface area contributed by atoms with Gasteiger partial charge >= 0.3 is 0 Å². The van der Waals surface area contributed by atoms with Crippen LogP contribution in [0, 0.1) is 5.82 Å². The Labute approximate surface area is 234 Å².